The maximum Gasteiger partial charge on any atom is 0.273 e. The van der Waals surface area contributed by atoms with Crippen molar-refractivity contribution in [2.24, 2.45) is 0 Å². The number of hydrogen-bond acceptors (Lipinski definition) is 5. The molecule has 1 amide bonds. The molecule has 2 atom stereocenters. The van der Waals surface area contributed by atoms with E-state index in [0.717, 1.165) is 29.1 Å². The molecular formula is C20H20N4O2S. The molecule has 2 aliphatic rings. The highest BCUT2D eigenvalue weighted by atomic mass is 32.1. The van der Waals surface area contributed by atoms with Crippen molar-refractivity contribution < 1.29 is 9.90 Å². The zero-order chi connectivity index (χ0) is 18.4. The van der Waals surface area contributed by atoms with E-state index in [1.807, 2.05) is 51.5 Å². The number of para-hydroxylation sites is 1. The number of carbonyl (C=O) groups is 1. The van der Waals surface area contributed by atoms with Crippen LogP contribution in [0.15, 0.2) is 48.1 Å². The van der Waals surface area contributed by atoms with Crippen LogP contribution in [0.3, 0.4) is 0 Å². The summed E-state index contributed by atoms with van der Waals surface area (Å²) >= 11 is 1.47. The fourth-order valence-corrected chi connectivity index (χ4v) is 5.04. The molecule has 2 bridgehead atoms. The average Bonchev–Trinajstić information content (AvgIpc) is 3.40. The van der Waals surface area contributed by atoms with E-state index in [4.69, 9.17) is 0 Å². The fourth-order valence-electron chi connectivity index (χ4n) is 4.27. The first kappa shape index (κ1) is 16.6. The Bertz CT molecular complexity index is 953. The Balaban J connectivity index is 1.38. The number of aromatic nitrogens is 3. The Hall–Kier alpha value is -2.51. The van der Waals surface area contributed by atoms with E-state index < -0.39 is 0 Å². The van der Waals surface area contributed by atoms with Gasteiger partial charge in [-0.2, -0.15) is 5.10 Å². The summed E-state index contributed by atoms with van der Waals surface area (Å²) in [6.07, 6.45) is 6.76. The van der Waals surface area contributed by atoms with Crippen LogP contribution < -0.4 is 0 Å². The summed E-state index contributed by atoms with van der Waals surface area (Å²) in [5.41, 5.74) is 2.38. The van der Waals surface area contributed by atoms with Crippen molar-refractivity contribution in [2.45, 2.75) is 43.9 Å². The van der Waals surface area contributed by atoms with Crippen molar-refractivity contribution in [3.05, 3.63) is 53.8 Å². The van der Waals surface area contributed by atoms with Crippen molar-refractivity contribution in [3.8, 4) is 16.3 Å². The topological polar surface area (TPSA) is 71.2 Å². The van der Waals surface area contributed by atoms with Gasteiger partial charge in [0.15, 0.2) is 0 Å². The van der Waals surface area contributed by atoms with Gasteiger partial charge in [0.2, 0.25) is 0 Å². The number of hydrogen-bond donors (Lipinski definition) is 1. The SMILES string of the molecule is O=C(c1csc(-c2cnn(-c3ccccc3)c2)n1)N1C2CCC1CC(O)C2. The van der Waals surface area contributed by atoms with E-state index in [2.05, 4.69) is 10.1 Å². The molecule has 2 aliphatic heterocycles. The first-order valence-electron chi connectivity index (χ1n) is 9.26. The van der Waals surface area contributed by atoms with Crippen molar-refractivity contribution in [1.82, 2.24) is 19.7 Å². The minimum absolute atomic E-state index is 0.00708. The van der Waals surface area contributed by atoms with Gasteiger partial charge in [0, 0.05) is 29.2 Å². The van der Waals surface area contributed by atoms with Gasteiger partial charge < -0.3 is 10.0 Å². The quantitative estimate of drug-likeness (QED) is 0.758. The van der Waals surface area contributed by atoms with Crippen LogP contribution in [-0.2, 0) is 0 Å². The van der Waals surface area contributed by atoms with Crippen molar-refractivity contribution in [2.75, 3.05) is 0 Å². The zero-order valence-corrected chi connectivity index (χ0v) is 15.5. The average molecular weight is 380 g/mol. The molecule has 27 heavy (non-hydrogen) atoms. The molecule has 0 spiro atoms. The second-order valence-corrected chi connectivity index (χ2v) is 8.13. The number of aliphatic hydroxyl groups excluding tert-OH is 1. The lowest BCUT2D eigenvalue weighted by molar-refractivity contribution is 0.0283. The molecule has 7 heteroatoms. The molecule has 2 saturated heterocycles. The van der Waals surface area contributed by atoms with Gasteiger partial charge in [0.25, 0.3) is 5.91 Å². The maximum absolute atomic E-state index is 13.0. The normalized spacial score (nSPS) is 24.3. The van der Waals surface area contributed by atoms with Gasteiger partial charge in [-0.15, -0.1) is 11.3 Å². The van der Waals surface area contributed by atoms with Crippen LogP contribution in [0.25, 0.3) is 16.3 Å². The van der Waals surface area contributed by atoms with Crippen LogP contribution in [0, 0.1) is 0 Å². The number of amides is 1. The summed E-state index contributed by atoms with van der Waals surface area (Å²) in [4.78, 5) is 19.6. The molecule has 0 radical (unpaired) electrons. The molecular weight excluding hydrogens is 360 g/mol. The number of nitrogens with zero attached hydrogens (tertiary/aromatic N) is 4. The number of fused-ring (bicyclic) bond motifs is 2. The van der Waals surface area contributed by atoms with Gasteiger partial charge in [-0.1, -0.05) is 18.2 Å². The highest BCUT2D eigenvalue weighted by Gasteiger charge is 2.43. The van der Waals surface area contributed by atoms with Gasteiger partial charge in [0.05, 0.1) is 18.0 Å². The smallest absolute Gasteiger partial charge is 0.273 e. The van der Waals surface area contributed by atoms with Crippen LogP contribution in [0.5, 0.6) is 0 Å². The largest absolute Gasteiger partial charge is 0.393 e. The van der Waals surface area contributed by atoms with Crippen LogP contribution in [0.1, 0.15) is 36.2 Å². The molecule has 0 aliphatic carbocycles. The third-order valence-corrected chi connectivity index (χ3v) is 6.41. The molecule has 2 aromatic heterocycles. The summed E-state index contributed by atoms with van der Waals surface area (Å²) in [5.74, 6) is -0.00708. The van der Waals surface area contributed by atoms with Gasteiger partial charge in [-0.3, -0.25) is 4.79 Å². The Labute approximate surface area is 161 Å². The summed E-state index contributed by atoms with van der Waals surface area (Å²) in [6, 6.07) is 10.2. The molecule has 5 rings (SSSR count). The Kier molecular flexibility index (Phi) is 4.06. The maximum atomic E-state index is 13.0. The lowest BCUT2D eigenvalue weighted by Gasteiger charge is -2.36. The van der Waals surface area contributed by atoms with Gasteiger partial charge in [0.1, 0.15) is 10.7 Å². The summed E-state index contributed by atoms with van der Waals surface area (Å²) in [6.45, 7) is 0. The van der Waals surface area contributed by atoms with Crippen LogP contribution in [0.4, 0.5) is 0 Å². The van der Waals surface area contributed by atoms with E-state index in [0.29, 0.717) is 18.5 Å². The number of piperidine rings is 1. The number of benzene rings is 1. The number of aliphatic hydroxyl groups is 1. The minimum atomic E-state index is -0.277. The van der Waals surface area contributed by atoms with Crippen molar-refractivity contribution in [3.63, 3.8) is 0 Å². The van der Waals surface area contributed by atoms with Crippen LogP contribution in [0.2, 0.25) is 0 Å². The zero-order valence-electron chi connectivity index (χ0n) is 14.7. The van der Waals surface area contributed by atoms with E-state index in [1.54, 1.807) is 6.20 Å². The molecule has 3 aromatic rings. The molecule has 1 aromatic carbocycles. The standard InChI is InChI=1S/C20H20N4O2S/c25-17-8-15-6-7-16(9-17)24(15)20(26)18-12-27-19(22-18)13-10-21-23(11-13)14-4-2-1-3-5-14/h1-5,10-12,15-17,25H,6-9H2. The fraction of sp³-hybridized carbons (Fsp3) is 0.350. The molecule has 2 unspecified atom stereocenters. The summed E-state index contributed by atoms with van der Waals surface area (Å²) < 4.78 is 1.81. The van der Waals surface area contributed by atoms with Gasteiger partial charge in [-0.25, -0.2) is 9.67 Å². The lowest BCUT2D eigenvalue weighted by atomic mass is 9.99. The van der Waals surface area contributed by atoms with E-state index in [9.17, 15) is 9.90 Å². The predicted molar refractivity (Wildman–Crippen MR) is 103 cm³/mol. The first-order chi connectivity index (χ1) is 13.2. The highest BCUT2D eigenvalue weighted by Crippen LogP contribution is 2.37. The van der Waals surface area contributed by atoms with Gasteiger partial charge in [-0.05, 0) is 37.8 Å². The summed E-state index contributed by atoms with van der Waals surface area (Å²) in [5, 5.41) is 17.0. The number of thiazole rings is 1. The first-order valence-corrected chi connectivity index (χ1v) is 10.1. The minimum Gasteiger partial charge on any atom is -0.393 e. The Morgan fingerprint density at radius 2 is 1.89 bits per heavy atom. The van der Waals surface area contributed by atoms with Crippen molar-refractivity contribution in [1.29, 1.82) is 0 Å². The predicted octanol–water partition coefficient (Wildman–Crippen LogP) is 3.12. The molecule has 6 nitrogen and oxygen atoms in total. The van der Waals surface area contributed by atoms with Gasteiger partial charge >= 0.3 is 0 Å². The van der Waals surface area contributed by atoms with Crippen molar-refractivity contribution >= 4 is 17.2 Å². The van der Waals surface area contributed by atoms with E-state index in [-0.39, 0.29) is 24.1 Å². The van der Waals surface area contributed by atoms with Crippen LogP contribution in [-0.4, -0.2) is 48.9 Å². The van der Waals surface area contributed by atoms with E-state index >= 15 is 0 Å². The lowest BCUT2D eigenvalue weighted by Crippen LogP contribution is -2.48. The summed E-state index contributed by atoms with van der Waals surface area (Å²) in [7, 11) is 0. The molecule has 0 saturated carbocycles. The van der Waals surface area contributed by atoms with E-state index in [1.165, 1.54) is 11.3 Å². The second-order valence-electron chi connectivity index (χ2n) is 7.27. The third kappa shape index (κ3) is 2.96. The number of rotatable bonds is 3. The third-order valence-electron chi connectivity index (χ3n) is 5.52. The Morgan fingerprint density at radius 3 is 2.63 bits per heavy atom. The highest BCUT2D eigenvalue weighted by molar-refractivity contribution is 7.13. The monoisotopic (exact) mass is 380 g/mol. The second kappa shape index (κ2) is 6.58. The molecule has 1 N–H and O–H groups in total. The molecule has 2 fully saturated rings. The molecule has 138 valence electrons. The molecule has 4 heterocycles. The number of carbonyl (C=O) groups excluding carboxylic acids is 1. The van der Waals surface area contributed by atoms with Crippen LogP contribution >= 0.6 is 11.3 Å². The Morgan fingerprint density at radius 1 is 1.15 bits per heavy atom.